The summed E-state index contributed by atoms with van der Waals surface area (Å²) < 4.78 is 0. The van der Waals surface area contributed by atoms with Crippen LogP contribution in [0.1, 0.15) is 39.8 Å². The number of carbonyl (C=O) groups excluding carboxylic acids is 1. The minimum atomic E-state index is 0.0188. The quantitative estimate of drug-likeness (QED) is 0.758. The van der Waals surface area contributed by atoms with E-state index in [9.17, 15) is 4.79 Å². The largest absolute Gasteiger partial charge is 0.348 e. The lowest BCUT2D eigenvalue weighted by molar-refractivity contribution is -0.116. The fraction of sp³-hybridized carbons (Fsp3) is 0.350. The van der Waals surface area contributed by atoms with Gasteiger partial charge in [-0.05, 0) is 60.1 Å². The third kappa shape index (κ3) is 3.67. The van der Waals surface area contributed by atoms with Crippen LogP contribution < -0.4 is 5.32 Å². The molecule has 1 aromatic carbocycles. The van der Waals surface area contributed by atoms with Crippen molar-refractivity contribution in [3.63, 3.8) is 0 Å². The van der Waals surface area contributed by atoms with Crippen LogP contribution in [-0.2, 0) is 29.9 Å². The number of fused-ring (bicyclic) bond motifs is 3. The van der Waals surface area contributed by atoms with Gasteiger partial charge in [-0.3, -0.25) is 4.79 Å². The molecule has 1 aliphatic carbocycles. The van der Waals surface area contributed by atoms with Crippen molar-refractivity contribution in [2.75, 3.05) is 0 Å². The molecule has 0 fully saturated rings. The standard InChI is InChI=1S/C20H20ClNOS2/c1-12-2-7-15-16-11-24-19(9-18(16)25-17(15)8-12)20(23)22-10-13-3-5-14(21)6-4-13/h3-6,9,12H,2,7-8,10-11H2,1H3,(H,22,23)/t12-/m0/s1. The van der Waals surface area contributed by atoms with Crippen molar-refractivity contribution in [2.45, 2.75) is 38.5 Å². The number of carbonyl (C=O) groups is 1. The topological polar surface area (TPSA) is 29.1 Å². The Hall–Kier alpha value is -1.23. The Morgan fingerprint density at radius 2 is 2.08 bits per heavy atom. The molecule has 0 saturated carbocycles. The van der Waals surface area contributed by atoms with E-state index in [4.69, 9.17) is 11.6 Å². The van der Waals surface area contributed by atoms with Gasteiger partial charge in [0.2, 0.25) is 0 Å². The molecule has 1 amide bonds. The van der Waals surface area contributed by atoms with Crippen molar-refractivity contribution in [1.82, 2.24) is 5.32 Å². The Balaban J connectivity index is 1.47. The van der Waals surface area contributed by atoms with Gasteiger partial charge in [-0.2, -0.15) is 0 Å². The van der Waals surface area contributed by atoms with Gasteiger partial charge in [0.05, 0.1) is 4.91 Å². The second kappa shape index (κ2) is 7.18. The van der Waals surface area contributed by atoms with E-state index in [2.05, 4.69) is 18.3 Å². The van der Waals surface area contributed by atoms with E-state index >= 15 is 0 Å². The van der Waals surface area contributed by atoms with Crippen molar-refractivity contribution in [3.8, 4) is 0 Å². The van der Waals surface area contributed by atoms with Gasteiger partial charge in [-0.15, -0.1) is 23.1 Å². The first-order chi connectivity index (χ1) is 12.1. The lowest BCUT2D eigenvalue weighted by Gasteiger charge is -2.19. The van der Waals surface area contributed by atoms with Crippen molar-refractivity contribution < 1.29 is 4.79 Å². The highest BCUT2D eigenvalue weighted by Gasteiger charge is 2.26. The Morgan fingerprint density at radius 1 is 1.28 bits per heavy atom. The van der Waals surface area contributed by atoms with Gasteiger partial charge in [0.15, 0.2) is 0 Å². The SMILES string of the molecule is C[C@H]1CCc2c(sc3c2CSC(C(=O)NCc2ccc(Cl)cc2)=C3)C1. The molecule has 2 aromatic rings. The number of nitrogens with one attached hydrogen (secondary N) is 1. The van der Waals surface area contributed by atoms with E-state index < -0.39 is 0 Å². The van der Waals surface area contributed by atoms with Crippen LogP contribution in [0.4, 0.5) is 0 Å². The zero-order valence-electron chi connectivity index (χ0n) is 14.1. The Kier molecular flexibility index (Phi) is 4.94. The van der Waals surface area contributed by atoms with Crippen LogP contribution in [-0.4, -0.2) is 5.91 Å². The lowest BCUT2D eigenvalue weighted by atomic mass is 9.88. The summed E-state index contributed by atoms with van der Waals surface area (Å²) in [5.74, 6) is 1.73. The highest BCUT2D eigenvalue weighted by atomic mass is 35.5. The van der Waals surface area contributed by atoms with Gasteiger partial charge in [0, 0.05) is 27.1 Å². The number of rotatable bonds is 3. The molecular formula is C20H20ClNOS2. The summed E-state index contributed by atoms with van der Waals surface area (Å²) in [6, 6.07) is 7.58. The highest BCUT2D eigenvalue weighted by Crippen LogP contribution is 2.43. The van der Waals surface area contributed by atoms with Crippen molar-refractivity contribution in [1.29, 1.82) is 0 Å². The normalized spacial score (nSPS) is 19.0. The summed E-state index contributed by atoms with van der Waals surface area (Å²) in [7, 11) is 0. The highest BCUT2D eigenvalue weighted by molar-refractivity contribution is 8.03. The fourth-order valence-electron chi connectivity index (χ4n) is 3.43. The molecule has 1 atom stereocenters. The molecule has 1 aromatic heterocycles. The number of thiophene rings is 1. The van der Waals surface area contributed by atoms with E-state index in [-0.39, 0.29) is 5.91 Å². The predicted octanol–water partition coefficient (Wildman–Crippen LogP) is 5.43. The summed E-state index contributed by atoms with van der Waals surface area (Å²) in [6.07, 6.45) is 5.78. The van der Waals surface area contributed by atoms with E-state index in [0.717, 1.165) is 22.1 Å². The summed E-state index contributed by atoms with van der Waals surface area (Å²) in [6.45, 7) is 2.86. The van der Waals surface area contributed by atoms with Gasteiger partial charge >= 0.3 is 0 Å². The second-order valence-corrected chi connectivity index (χ2v) is 9.39. The third-order valence-electron chi connectivity index (χ3n) is 4.88. The maximum atomic E-state index is 12.5. The Morgan fingerprint density at radius 3 is 2.88 bits per heavy atom. The first-order valence-corrected chi connectivity index (χ1v) is 10.8. The first kappa shape index (κ1) is 17.2. The number of hydrogen-bond donors (Lipinski definition) is 1. The van der Waals surface area contributed by atoms with Crippen LogP contribution >= 0.6 is 34.7 Å². The Labute approximate surface area is 161 Å². The molecule has 0 bridgehead atoms. The first-order valence-electron chi connectivity index (χ1n) is 8.60. The second-order valence-electron chi connectivity index (χ2n) is 6.80. The molecule has 2 nitrogen and oxygen atoms in total. The number of amides is 1. The minimum absolute atomic E-state index is 0.0188. The van der Waals surface area contributed by atoms with Crippen LogP contribution in [0.5, 0.6) is 0 Å². The molecule has 130 valence electrons. The van der Waals surface area contributed by atoms with Crippen LogP contribution in [0.2, 0.25) is 5.02 Å². The Bertz CT molecular complexity index is 838. The summed E-state index contributed by atoms with van der Waals surface area (Å²) in [5.41, 5.74) is 4.11. The van der Waals surface area contributed by atoms with Crippen LogP contribution in [0, 0.1) is 5.92 Å². The monoisotopic (exact) mass is 389 g/mol. The van der Waals surface area contributed by atoms with E-state index in [1.165, 1.54) is 29.7 Å². The summed E-state index contributed by atoms with van der Waals surface area (Å²) in [4.78, 5) is 16.2. The zero-order chi connectivity index (χ0) is 17.4. The predicted molar refractivity (Wildman–Crippen MR) is 108 cm³/mol. The van der Waals surface area contributed by atoms with Crippen LogP contribution in [0.15, 0.2) is 29.2 Å². The fourth-order valence-corrected chi connectivity index (χ4v) is 6.23. The lowest BCUT2D eigenvalue weighted by Crippen LogP contribution is -2.24. The molecule has 1 N–H and O–H groups in total. The average molecular weight is 390 g/mol. The minimum Gasteiger partial charge on any atom is -0.348 e. The molecule has 0 spiro atoms. The zero-order valence-corrected chi connectivity index (χ0v) is 16.5. The maximum Gasteiger partial charge on any atom is 0.258 e. The van der Waals surface area contributed by atoms with Gasteiger partial charge in [-0.25, -0.2) is 0 Å². The molecule has 2 heterocycles. The van der Waals surface area contributed by atoms with E-state index in [1.54, 1.807) is 22.2 Å². The summed E-state index contributed by atoms with van der Waals surface area (Å²) >= 11 is 9.46. The van der Waals surface area contributed by atoms with Crippen molar-refractivity contribution in [3.05, 3.63) is 60.6 Å². The average Bonchev–Trinajstić information content (AvgIpc) is 2.97. The number of hydrogen-bond acceptors (Lipinski definition) is 3. The van der Waals surface area contributed by atoms with Gasteiger partial charge < -0.3 is 5.32 Å². The van der Waals surface area contributed by atoms with E-state index in [1.807, 2.05) is 35.6 Å². The maximum absolute atomic E-state index is 12.5. The van der Waals surface area contributed by atoms with Crippen LogP contribution in [0.25, 0.3) is 6.08 Å². The molecule has 0 radical (unpaired) electrons. The molecule has 0 saturated heterocycles. The van der Waals surface area contributed by atoms with Gasteiger partial charge in [0.1, 0.15) is 0 Å². The summed E-state index contributed by atoms with van der Waals surface area (Å²) in [5, 5.41) is 3.73. The molecule has 2 aliphatic rings. The number of thioether (sulfide) groups is 1. The smallest absolute Gasteiger partial charge is 0.258 e. The van der Waals surface area contributed by atoms with Crippen LogP contribution in [0.3, 0.4) is 0 Å². The van der Waals surface area contributed by atoms with Crippen molar-refractivity contribution >= 4 is 46.7 Å². The molecular weight excluding hydrogens is 370 g/mol. The van der Waals surface area contributed by atoms with Gasteiger partial charge in [-0.1, -0.05) is 30.7 Å². The molecule has 1 aliphatic heterocycles. The number of halogens is 1. The molecule has 0 unspecified atom stereocenters. The molecule has 4 rings (SSSR count). The van der Waals surface area contributed by atoms with E-state index in [0.29, 0.717) is 11.6 Å². The third-order valence-corrected chi connectivity index (χ3v) is 7.42. The van der Waals surface area contributed by atoms with Gasteiger partial charge in [0.25, 0.3) is 5.91 Å². The molecule has 5 heteroatoms. The van der Waals surface area contributed by atoms with Crippen molar-refractivity contribution in [2.24, 2.45) is 5.92 Å². The number of benzene rings is 1. The molecule has 25 heavy (non-hydrogen) atoms.